The molecular weight excluding hydrogens is 559 g/mol. The Morgan fingerprint density at radius 2 is 1.68 bits per heavy atom. The van der Waals surface area contributed by atoms with Crippen molar-refractivity contribution in [2.24, 2.45) is 4.99 Å². The van der Waals surface area contributed by atoms with Crippen molar-refractivity contribution in [3.8, 4) is 11.8 Å². The molecule has 0 saturated heterocycles. The maximum Gasteiger partial charge on any atom is 0.0740 e. The van der Waals surface area contributed by atoms with Gasteiger partial charge >= 0.3 is 0 Å². The molecule has 230 valence electrons. The zero-order valence-corrected chi connectivity index (χ0v) is 27.8. The normalized spacial score (nSPS) is 19.4. The molecule has 44 heavy (non-hydrogen) atoms. The fourth-order valence-corrected chi connectivity index (χ4v) is 7.06. The second-order valence-electron chi connectivity index (χ2n) is 12.6. The summed E-state index contributed by atoms with van der Waals surface area (Å²) in [7, 11) is 0. The van der Waals surface area contributed by atoms with Crippen LogP contribution in [0.5, 0.6) is 0 Å². The Bertz CT molecular complexity index is 1530. The van der Waals surface area contributed by atoms with E-state index < -0.39 is 0 Å². The molecule has 1 unspecified atom stereocenters. The maximum absolute atomic E-state index is 6.59. The van der Waals surface area contributed by atoms with E-state index in [1.54, 1.807) is 5.56 Å². The monoisotopic (exact) mass is 605 g/mol. The summed E-state index contributed by atoms with van der Waals surface area (Å²) in [4.78, 5) is 4.01. The minimum absolute atomic E-state index is 0.342. The lowest BCUT2D eigenvalue weighted by Crippen LogP contribution is -2.25. The number of nitrogens with zero attached hydrogens (tertiary/aromatic N) is 1. The zero-order chi connectivity index (χ0) is 30.9. The topological polar surface area (TPSA) is 30.8 Å². The molecule has 2 aliphatic rings. The Labute approximate surface area is 270 Å². The van der Waals surface area contributed by atoms with Crippen LogP contribution >= 0.6 is 12.2 Å². The Hall–Kier alpha value is -3.06. The van der Waals surface area contributed by atoms with E-state index >= 15 is 0 Å². The fraction of sp³-hybridized carbons (Fsp3) is 0.475. The molecule has 2 aliphatic carbocycles. The van der Waals surface area contributed by atoms with E-state index in [0.29, 0.717) is 18.1 Å². The van der Waals surface area contributed by atoms with Crippen molar-refractivity contribution < 1.29 is 9.47 Å². The van der Waals surface area contributed by atoms with Crippen LogP contribution in [-0.4, -0.2) is 24.0 Å². The molecule has 0 heterocycles. The van der Waals surface area contributed by atoms with Gasteiger partial charge in [0.1, 0.15) is 0 Å². The predicted octanol–water partition coefficient (Wildman–Crippen LogP) is 9.92. The van der Waals surface area contributed by atoms with Gasteiger partial charge in [-0.15, -0.1) is 0 Å². The van der Waals surface area contributed by atoms with Gasteiger partial charge in [0.15, 0.2) is 0 Å². The molecule has 1 saturated carbocycles. The second-order valence-corrected chi connectivity index (χ2v) is 12.8. The van der Waals surface area contributed by atoms with E-state index in [1.165, 1.54) is 52.6 Å². The van der Waals surface area contributed by atoms with Gasteiger partial charge in [0, 0.05) is 17.7 Å². The van der Waals surface area contributed by atoms with Crippen LogP contribution in [0.1, 0.15) is 115 Å². The van der Waals surface area contributed by atoms with Crippen LogP contribution in [0.15, 0.2) is 53.5 Å². The Morgan fingerprint density at radius 1 is 0.886 bits per heavy atom. The molecule has 0 radical (unpaired) electrons. The number of unbranched alkanes of at least 4 members (excludes halogenated alkanes) is 1. The summed E-state index contributed by atoms with van der Waals surface area (Å²) in [5.41, 5.74) is 12.9. The number of rotatable bonds is 10. The molecule has 0 spiro atoms. The van der Waals surface area contributed by atoms with Crippen molar-refractivity contribution in [1.82, 2.24) is 0 Å². The number of hydrogen-bond acceptors (Lipinski definition) is 4. The van der Waals surface area contributed by atoms with Gasteiger partial charge in [-0.05, 0) is 159 Å². The first-order chi connectivity index (χ1) is 21.5. The summed E-state index contributed by atoms with van der Waals surface area (Å²) in [5, 5.41) is 2.41. The number of thiocarbonyl (C=S) groups is 1. The highest BCUT2D eigenvalue weighted by molar-refractivity contribution is 7.78. The average Bonchev–Trinajstić information content (AvgIpc) is 3.04. The summed E-state index contributed by atoms with van der Waals surface area (Å²) < 4.78 is 12.8. The second kappa shape index (κ2) is 15.8. The first kappa shape index (κ1) is 32.3. The summed E-state index contributed by atoms with van der Waals surface area (Å²) in [6.45, 7) is 10.6. The number of ether oxygens (including phenoxy) is 2. The van der Waals surface area contributed by atoms with Crippen molar-refractivity contribution in [1.29, 1.82) is 0 Å². The SMILES string of the molecule is CCCCOC1CCc2c(cc(C)c(COC3CCC(c4ccc(C#Cc5ccc(N=C=S)cc5)c(CC)c4)CC3)c2C)C1. The van der Waals surface area contributed by atoms with E-state index in [2.05, 4.69) is 86.2 Å². The number of isothiocyanates is 1. The van der Waals surface area contributed by atoms with Crippen LogP contribution in [-0.2, 0) is 35.3 Å². The third-order valence-electron chi connectivity index (χ3n) is 9.68. The van der Waals surface area contributed by atoms with Crippen molar-refractivity contribution in [2.45, 2.75) is 117 Å². The Balaban J connectivity index is 1.15. The Kier molecular flexibility index (Phi) is 11.6. The number of aryl methyl sites for hydroxylation is 2. The quantitative estimate of drug-likeness (QED) is 0.0997. The molecule has 1 atom stereocenters. The molecule has 0 amide bonds. The highest BCUT2D eigenvalue weighted by Crippen LogP contribution is 2.36. The van der Waals surface area contributed by atoms with E-state index in [4.69, 9.17) is 9.47 Å². The minimum atomic E-state index is 0.342. The number of hydrogen-bond donors (Lipinski definition) is 0. The molecule has 3 aromatic rings. The third-order valence-corrected chi connectivity index (χ3v) is 9.77. The van der Waals surface area contributed by atoms with Gasteiger partial charge in [-0.1, -0.05) is 50.3 Å². The van der Waals surface area contributed by atoms with Gasteiger partial charge < -0.3 is 9.47 Å². The molecule has 0 bridgehead atoms. The van der Waals surface area contributed by atoms with E-state index in [9.17, 15) is 0 Å². The van der Waals surface area contributed by atoms with Crippen molar-refractivity contribution in [3.63, 3.8) is 0 Å². The van der Waals surface area contributed by atoms with Gasteiger partial charge in [0.05, 0.1) is 29.7 Å². The lowest BCUT2D eigenvalue weighted by atomic mass is 9.81. The standard InChI is InChI=1S/C40H47NO2S/c1-5-7-22-42-38-20-21-39-29(4)40(28(3)23-35(39)25-38)26-43-37-18-14-33(15-19-37)34-13-12-32(31(6-2)24-34)11-8-30-9-16-36(17-10-30)41-27-44/h9-10,12-13,16-17,23-24,33,37-38H,5-7,14-15,18-22,25-26H2,1-4H3. The number of benzene rings is 3. The van der Waals surface area contributed by atoms with Crippen LogP contribution in [0.25, 0.3) is 0 Å². The minimum Gasteiger partial charge on any atom is -0.378 e. The molecule has 3 aromatic carbocycles. The third kappa shape index (κ3) is 8.15. The lowest BCUT2D eigenvalue weighted by Gasteiger charge is -2.31. The average molecular weight is 606 g/mol. The molecule has 0 aromatic heterocycles. The van der Waals surface area contributed by atoms with E-state index in [0.717, 1.165) is 75.0 Å². The highest BCUT2D eigenvalue weighted by atomic mass is 32.1. The maximum atomic E-state index is 6.59. The number of fused-ring (bicyclic) bond motifs is 1. The molecule has 0 aliphatic heterocycles. The molecule has 0 N–H and O–H groups in total. The summed E-state index contributed by atoms with van der Waals surface area (Å²) in [5.74, 6) is 7.31. The van der Waals surface area contributed by atoms with Crippen LogP contribution in [0.2, 0.25) is 0 Å². The smallest absolute Gasteiger partial charge is 0.0740 e. The van der Waals surface area contributed by atoms with Gasteiger partial charge in [0.25, 0.3) is 0 Å². The molecule has 1 fully saturated rings. The van der Waals surface area contributed by atoms with Crippen LogP contribution in [0.3, 0.4) is 0 Å². The van der Waals surface area contributed by atoms with Crippen LogP contribution in [0.4, 0.5) is 5.69 Å². The first-order valence-corrected chi connectivity index (χ1v) is 17.1. The first-order valence-electron chi connectivity index (χ1n) is 16.7. The van der Waals surface area contributed by atoms with Crippen molar-refractivity contribution >= 4 is 23.1 Å². The van der Waals surface area contributed by atoms with Crippen molar-refractivity contribution in [2.75, 3.05) is 6.61 Å². The lowest BCUT2D eigenvalue weighted by molar-refractivity contribution is 0.0128. The summed E-state index contributed by atoms with van der Waals surface area (Å²) in [6, 6.07) is 17.1. The molecule has 5 rings (SSSR count). The molecule has 4 heteroatoms. The number of aliphatic imine (C=N–C) groups is 1. The molecule has 3 nitrogen and oxygen atoms in total. The predicted molar refractivity (Wildman–Crippen MR) is 185 cm³/mol. The van der Waals surface area contributed by atoms with Gasteiger partial charge in [-0.2, -0.15) is 4.99 Å². The zero-order valence-electron chi connectivity index (χ0n) is 27.0. The summed E-state index contributed by atoms with van der Waals surface area (Å²) in [6.07, 6.45) is 12.0. The Morgan fingerprint density at radius 3 is 2.41 bits per heavy atom. The van der Waals surface area contributed by atoms with E-state index in [-0.39, 0.29) is 0 Å². The van der Waals surface area contributed by atoms with E-state index in [1.807, 2.05) is 24.3 Å². The van der Waals surface area contributed by atoms with Crippen LogP contribution < -0.4 is 0 Å². The fourth-order valence-electron chi connectivity index (χ4n) is 6.95. The van der Waals surface area contributed by atoms with Gasteiger partial charge in [-0.3, -0.25) is 0 Å². The van der Waals surface area contributed by atoms with Crippen LogP contribution in [0, 0.1) is 25.7 Å². The highest BCUT2D eigenvalue weighted by Gasteiger charge is 2.26. The van der Waals surface area contributed by atoms with Gasteiger partial charge in [0.2, 0.25) is 0 Å². The van der Waals surface area contributed by atoms with Crippen molar-refractivity contribution in [3.05, 3.63) is 98.6 Å². The largest absolute Gasteiger partial charge is 0.378 e. The summed E-state index contributed by atoms with van der Waals surface area (Å²) >= 11 is 4.69. The van der Waals surface area contributed by atoms with Gasteiger partial charge in [-0.25, -0.2) is 0 Å². The molecular formula is C40H47NO2S.